The minimum Gasteiger partial charge on any atom is -0.460 e. The number of hydrogen-bond acceptors (Lipinski definition) is 4. The highest BCUT2D eigenvalue weighted by Crippen LogP contribution is 2.35. The number of ether oxygens (including phenoxy) is 1. The van der Waals surface area contributed by atoms with Crippen LogP contribution >= 0.6 is 0 Å². The minimum absolute atomic E-state index is 0.00839. The lowest BCUT2D eigenvalue weighted by molar-refractivity contribution is -0.156. The first kappa shape index (κ1) is 17.4. The molecule has 5 heteroatoms. The fraction of sp³-hybridized carbons (Fsp3) is 0.611. The Labute approximate surface area is 138 Å². The molecule has 0 spiro atoms. The van der Waals surface area contributed by atoms with Crippen molar-refractivity contribution in [3.05, 3.63) is 30.1 Å². The minimum atomic E-state index is -0.513. The van der Waals surface area contributed by atoms with Crippen LogP contribution in [0.4, 0.5) is 0 Å². The zero-order valence-corrected chi connectivity index (χ0v) is 14.4. The van der Waals surface area contributed by atoms with Crippen molar-refractivity contribution in [2.24, 2.45) is 5.92 Å². The van der Waals surface area contributed by atoms with Crippen molar-refractivity contribution in [2.45, 2.75) is 58.6 Å². The molecular weight excluding hydrogens is 292 g/mol. The van der Waals surface area contributed by atoms with E-state index in [-0.39, 0.29) is 30.8 Å². The van der Waals surface area contributed by atoms with Crippen LogP contribution in [0.3, 0.4) is 0 Å². The van der Waals surface area contributed by atoms with Gasteiger partial charge < -0.3 is 9.64 Å². The molecule has 0 aromatic carbocycles. The predicted molar refractivity (Wildman–Crippen MR) is 87.6 cm³/mol. The quantitative estimate of drug-likeness (QED) is 0.800. The molecule has 1 saturated heterocycles. The fourth-order valence-electron chi connectivity index (χ4n) is 2.96. The maximum atomic E-state index is 12.5. The molecule has 0 bridgehead atoms. The molecular formula is C18H26N2O3. The maximum absolute atomic E-state index is 12.5. The van der Waals surface area contributed by atoms with Crippen LogP contribution < -0.4 is 0 Å². The molecule has 2 rings (SSSR count). The van der Waals surface area contributed by atoms with Crippen molar-refractivity contribution < 1.29 is 14.3 Å². The fourth-order valence-corrected chi connectivity index (χ4v) is 2.96. The number of carbonyl (C=O) groups excluding carboxylic acids is 2. The van der Waals surface area contributed by atoms with Crippen molar-refractivity contribution in [1.29, 1.82) is 0 Å². The molecule has 23 heavy (non-hydrogen) atoms. The molecule has 2 atom stereocenters. The Hall–Kier alpha value is -1.91. The van der Waals surface area contributed by atoms with Crippen molar-refractivity contribution in [3.63, 3.8) is 0 Å². The first-order valence-corrected chi connectivity index (χ1v) is 8.17. The maximum Gasteiger partial charge on any atom is 0.306 e. The van der Waals surface area contributed by atoms with Crippen molar-refractivity contribution in [1.82, 2.24) is 9.88 Å². The molecule has 2 heterocycles. The van der Waals surface area contributed by atoms with E-state index in [0.717, 1.165) is 18.5 Å². The number of esters is 1. The van der Waals surface area contributed by atoms with Crippen LogP contribution in [0.2, 0.25) is 0 Å². The van der Waals surface area contributed by atoms with Gasteiger partial charge in [-0.25, -0.2) is 0 Å². The lowest BCUT2D eigenvalue weighted by Crippen LogP contribution is -2.32. The van der Waals surface area contributed by atoms with Crippen molar-refractivity contribution in [3.8, 4) is 0 Å². The van der Waals surface area contributed by atoms with Crippen LogP contribution in [-0.4, -0.2) is 33.9 Å². The van der Waals surface area contributed by atoms with Gasteiger partial charge in [0.2, 0.25) is 5.91 Å². The van der Waals surface area contributed by atoms with E-state index in [2.05, 4.69) is 11.9 Å². The molecule has 1 amide bonds. The van der Waals surface area contributed by atoms with Gasteiger partial charge in [-0.2, -0.15) is 0 Å². The average molecular weight is 318 g/mol. The van der Waals surface area contributed by atoms with Crippen LogP contribution in [0.15, 0.2) is 24.5 Å². The van der Waals surface area contributed by atoms with E-state index < -0.39 is 5.60 Å². The number of rotatable bonds is 4. The Balaban J connectivity index is 1.96. The molecule has 1 aromatic rings. The average Bonchev–Trinajstić information content (AvgIpc) is 2.86. The van der Waals surface area contributed by atoms with Crippen LogP contribution in [0.5, 0.6) is 0 Å². The second kappa shape index (κ2) is 7.11. The molecule has 1 aliphatic rings. The van der Waals surface area contributed by atoms with Crippen LogP contribution in [-0.2, 0) is 14.3 Å². The number of likely N-dealkylation sites (tertiary alicyclic amines) is 1. The topological polar surface area (TPSA) is 59.5 Å². The van der Waals surface area contributed by atoms with Gasteiger partial charge >= 0.3 is 5.97 Å². The standard InChI is InChI=1S/C18H26N2O3/c1-13-10-15(14-6-5-9-19-11-14)20(12-13)16(21)7-8-17(22)23-18(2,3)4/h5-6,9,11,13,15H,7-8,10,12H2,1-4H3/t13-,15+/m0/s1. The molecule has 0 saturated carbocycles. The van der Waals surface area contributed by atoms with Crippen LogP contribution in [0.25, 0.3) is 0 Å². The van der Waals surface area contributed by atoms with Gasteiger partial charge in [-0.05, 0) is 44.7 Å². The highest BCUT2D eigenvalue weighted by atomic mass is 16.6. The van der Waals surface area contributed by atoms with Gasteiger partial charge in [-0.3, -0.25) is 14.6 Å². The summed E-state index contributed by atoms with van der Waals surface area (Å²) in [6.45, 7) is 8.35. The van der Waals surface area contributed by atoms with Gasteiger partial charge in [-0.1, -0.05) is 13.0 Å². The van der Waals surface area contributed by atoms with E-state index in [1.807, 2.05) is 44.0 Å². The third-order valence-electron chi connectivity index (χ3n) is 3.86. The molecule has 1 fully saturated rings. The molecule has 0 unspecified atom stereocenters. The van der Waals surface area contributed by atoms with Gasteiger partial charge in [-0.15, -0.1) is 0 Å². The Bertz CT molecular complexity index is 551. The summed E-state index contributed by atoms with van der Waals surface area (Å²) in [5.74, 6) is 0.135. The number of hydrogen-bond donors (Lipinski definition) is 0. The summed E-state index contributed by atoms with van der Waals surface area (Å²) in [6, 6.07) is 3.95. The summed E-state index contributed by atoms with van der Waals surface area (Å²) < 4.78 is 5.26. The number of carbonyl (C=O) groups is 2. The van der Waals surface area contributed by atoms with Gasteiger partial charge in [0, 0.05) is 25.4 Å². The Morgan fingerprint density at radius 2 is 2.09 bits per heavy atom. The zero-order valence-electron chi connectivity index (χ0n) is 14.4. The highest BCUT2D eigenvalue weighted by molar-refractivity contribution is 5.82. The van der Waals surface area contributed by atoms with E-state index in [1.54, 1.807) is 6.20 Å². The van der Waals surface area contributed by atoms with E-state index in [1.165, 1.54) is 0 Å². The third-order valence-corrected chi connectivity index (χ3v) is 3.86. The van der Waals surface area contributed by atoms with Gasteiger partial charge in [0.1, 0.15) is 5.60 Å². The van der Waals surface area contributed by atoms with Gasteiger partial charge in [0.15, 0.2) is 0 Å². The van der Waals surface area contributed by atoms with Crippen molar-refractivity contribution >= 4 is 11.9 Å². The summed E-state index contributed by atoms with van der Waals surface area (Å²) in [6.07, 6.45) is 4.80. The Morgan fingerprint density at radius 1 is 1.35 bits per heavy atom. The summed E-state index contributed by atoms with van der Waals surface area (Å²) in [7, 11) is 0. The van der Waals surface area contributed by atoms with E-state index >= 15 is 0 Å². The van der Waals surface area contributed by atoms with E-state index in [4.69, 9.17) is 4.74 Å². The Morgan fingerprint density at radius 3 is 2.70 bits per heavy atom. The molecule has 1 aromatic heterocycles. The number of aromatic nitrogens is 1. The smallest absolute Gasteiger partial charge is 0.306 e. The lowest BCUT2D eigenvalue weighted by atomic mass is 10.0. The predicted octanol–water partition coefficient (Wildman–Crippen LogP) is 3.11. The molecule has 126 valence electrons. The second-order valence-electron chi connectivity index (χ2n) is 7.28. The molecule has 0 N–H and O–H groups in total. The Kier molecular flexibility index (Phi) is 5.39. The normalized spacial score (nSPS) is 21.3. The number of nitrogens with zero attached hydrogens (tertiary/aromatic N) is 2. The van der Waals surface area contributed by atoms with Gasteiger partial charge in [0.25, 0.3) is 0 Å². The van der Waals surface area contributed by atoms with E-state index in [0.29, 0.717) is 5.92 Å². The highest BCUT2D eigenvalue weighted by Gasteiger charge is 2.34. The second-order valence-corrected chi connectivity index (χ2v) is 7.28. The van der Waals surface area contributed by atoms with Gasteiger partial charge in [0.05, 0.1) is 12.5 Å². The number of amides is 1. The molecule has 0 aliphatic carbocycles. The molecule has 1 aliphatic heterocycles. The van der Waals surface area contributed by atoms with Crippen LogP contribution in [0.1, 0.15) is 58.6 Å². The first-order chi connectivity index (χ1) is 10.8. The monoisotopic (exact) mass is 318 g/mol. The zero-order chi connectivity index (χ0) is 17.0. The van der Waals surface area contributed by atoms with Crippen LogP contribution in [0, 0.1) is 5.92 Å². The summed E-state index contributed by atoms with van der Waals surface area (Å²) in [4.78, 5) is 30.4. The number of pyridine rings is 1. The summed E-state index contributed by atoms with van der Waals surface area (Å²) in [5, 5.41) is 0. The lowest BCUT2D eigenvalue weighted by Gasteiger charge is -2.25. The largest absolute Gasteiger partial charge is 0.460 e. The van der Waals surface area contributed by atoms with Crippen molar-refractivity contribution in [2.75, 3.05) is 6.54 Å². The first-order valence-electron chi connectivity index (χ1n) is 8.17. The van der Waals surface area contributed by atoms with E-state index in [9.17, 15) is 9.59 Å². The molecule has 0 radical (unpaired) electrons. The summed E-state index contributed by atoms with van der Waals surface area (Å²) in [5.41, 5.74) is 0.544. The SMILES string of the molecule is C[C@H]1C[C@H](c2cccnc2)N(C(=O)CCC(=O)OC(C)(C)C)C1. The third kappa shape index (κ3) is 5.05. The molecule has 5 nitrogen and oxygen atoms in total. The summed E-state index contributed by atoms with van der Waals surface area (Å²) >= 11 is 0.